The summed E-state index contributed by atoms with van der Waals surface area (Å²) in [5.74, 6) is -3.08. The number of anilines is 1. The number of carbonyl (C=O) groups is 1. The summed E-state index contributed by atoms with van der Waals surface area (Å²) in [6, 6.07) is 6.77. The van der Waals surface area contributed by atoms with E-state index in [1.165, 1.54) is 18.2 Å². The molecule has 1 amide bonds. The smallest absolute Gasteiger partial charge is 0.286 e. The standard InChI is InChI=1S/C19H15F3N4O3S2/c20-11-3-1-4-13(9-11)23-17(27)19-25-24-18(30-19)15-5-2-8-26(15)31(28,29)16-10-12(21)6-7-14(16)22/h1,3-4,6-7,9-10,15H,2,5,8H2,(H,23,27)/t15-/m1/s1. The molecule has 1 aliphatic heterocycles. The molecule has 2 aromatic carbocycles. The summed E-state index contributed by atoms with van der Waals surface area (Å²) in [4.78, 5) is 11.6. The maximum absolute atomic E-state index is 14.1. The Morgan fingerprint density at radius 3 is 2.65 bits per heavy atom. The molecule has 3 aromatic rings. The minimum atomic E-state index is -4.34. The van der Waals surface area contributed by atoms with Gasteiger partial charge in [-0.3, -0.25) is 4.79 Å². The zero-order valence-electron chi connectivity index (χ0n) is 15.8. The summed E-state index contributed by atoms with van der Waals surface area (Å²) in [6.07, 6.45) is 0.863. The van der Waals surface area contributed by atoms with Gasteiger partial charge in [0, 0.05) is 12.2 Å². The van der Waals surface area contributed by atoms with Crippen molar-refractivity contribution in [2.45, 2.75) is 23.8 Å². The predicted octanol–water partition coefficient (Wildman–Crippen LogP) is 3.73. The molecule has 7 nitrogen and oxygen atoms in total. The Hall–Kier alpha value is -2.83. The van der Waals surface area contributed by atoms with E-state index in [-0.39, 0.29) is 22.2 Å². The van der Waals surface area contributed by atoms with Gasteiger partial charge in [-0.1, -0.05) is 17.4 Å². The highest BCUT2D eigenvalue weighted by atomic mass is 32.2. The summed E-state index contributed by atoms with van der Waals surface area (Å²) >= 11 is 0.882. The lowest BCUT2D eigenvalue weighted by Crippen LogP contribution is -2.31. The van der Waals surface area contributed by atoms with Gasteiger partial charge >= 0.3 is 0 Å². The fourth-order valence-corrected chi connectivity index (χ4v) is 5.98. The molecule has 31 heavy (non-hydrogen) atoms. The van der Waals surface area contributed by atoms with Crippen molar-refractivity contribution in [2.24, 2.45) is 0 Å². The van der Waals surface area contributed by atoms with Gasteiger partial charge in [0.25, 0.3) is 5.91 Å². The lowest BCUT2D eigenvalue weighted by Gasteiger charge is -2.22. The number of rotatable bonds is 5. The van der Waals surface area contributed by atoms with Crippen molar-refractivity contribution in [3.05, 3.63) is 69.9 Å². The number of hydrogen-bond acceptors (Lipinski definition) is 6. The summed E-state index contributed by atoms with van der Waals surface area (Å²) in [5.41, 5.74) is 0.230. The molecule has 0 unspecified atom stereocenters. The average Bonchev–Trinajstić information content (AvgIpc) is 3.39. The number of halogens is 3. The molecule has 1 atom stereocenters. The molecule has 1 saturated heterocycles. The van der Waals surface area contributed by atoms with Crippen molar-refractivity contribution in [1.82, 2.24) is 14.5 Å². The molecular formula is C19H15F3N4O3S2. The Morgan fingerprint density at radius 2 is 1.87 bits per heavy atom. The van der Waals surface area contributed by atoms with Gasteiger partial charge in [-0.15, -0.1) is 10.2 Å². The minimum absolute atomic E-state index is 0.0413. The molecule has 2 heterocycles. The molecule has 0 saturated carbocycles. The lowest BCUT2D eigenvalue weighted by atomic mass is 10.2. The largest absolute Gasteiger partial charge is 0.320 e. The molecule has 1 N–H and O–H groups in total. The predicted molar refractivity (Wildman–Crippen MR) is 106 cm³/mol. The van der Waals surface area contributed by atoms with Crippen molar-refractivity contribution in [3.63, 3.8) is 0 Å². The van der Waals surface area contributed by atoms with E-state index >= 15 is 0 Å². The van der Waals surface area contributed by atoms with Crippen LogP contribution in [0, 0.1) is 17.5 Å². The number of benzene rings is 2. The zero-order valence-corrected chi connectivity index (χ0v) is 17.4. The number of carbonyl (C=O) groups excluding carboxylic acids is 1. The van der Waals surface area contributed by atoms with Crippen molar-refractivity contribution in [1.29, 1.82) is 0 Å². The van der Waals surface area contributed by atoms with E-state index in [1.54, 1.807) is 0 Å². The van der Waals surface area contributed by atoms with E-state index in [0.29, 0.717) is 18.9 Å². The molecular weight excluding hydrogens is 453 g/mol. The normalized spacial score (nSPS) is 17.1. The molecule has 0 bridgehead atoms. The molecule has 0 spiro atoms. The van der Waals surface area contributed by atoms with Crippen LogP contribution in [0.2, 0.25) is 0 Å². The summed E-state index contributed by atoms with van der Waals surface area (Å²) in [5, 5.41) is 10.4. The quantitative estimate of drug-likeness (QED) is 0.616. The third kappa shape index (κ3) is 4.31. The highest BCUT2D eigenvalue weighted by molar-refractivity contribution is 7.89. The lowest BCUT2D eigenvalue weighted by molar-refractivity contribution is 0.102. The van der Waals surface area contributed by atoms with Gasteiger partial charge < -0.3 is 5.32 Å². The monoisotopic (exact) mass is 468 g/mol. The van der Waals surface area contributed by atoms with Crippen LogP contribution in [0.15, 0.2) is 47.4 Å². The fraction of sp³-hybridized carbons (Fsp3) is 0.211. The molecule has 12 heteroatoms. The summed E-state index contributed by atoms with van der Waals surface area (Å²) < 4.78 is 67.9. The zero-order chi connectivity index (χ0) is 22.2. The first-order valence-electron chi connectivity index (χ1n) is 9.13. The van der Waals surface area contributed by atoms with Crippen molar-refractivity contribution in [3.8, 4) is 0 Å². The van der Waals surface area contributed by atoms with Gasteiger partial charge in [-0.25, -0.2) is 21.6 Å². The summed E-state index contributed by atoms with van der Waals surface area (Å²) in [7, 11) is -4.34. The van der Waals surface area contributed by atoms with Crippen LogP contribution in [0.5, 0.6) is 0 Å². The topological polar surface area (TPSA) is 92.3 Å². The molecule has 1 fully saturated rings. The van der Waals surface area contributed by atoms with Gasteiger partial charge in [0.15, 0.2) is 0 Å². The average molecular weight is 468 g/mol. The third-order valence-corrected chi connectivity index (χ3v) is 7.63. The van der Waals surface area contributed by atoms with E-state index in [9.17, 15) is 26.4 Å². The Labute approximate surface area is 179 Å². The Bertz CT molecular complexity index is 1250. The Balaban J connectivity index is 1.58. The molecule has 1 aliphatic rings. The highest BCUT2D eigenvalue weighted by Gasteiger charge is 2.39. The highest BCUT2D eigenvalue weighted by Crippen LogP contribution is 2.38. The van der Waals surface area contributed by atoms with E-state index in [2.05, 4.69) is 15.5 Å². The van der Waals surface area contributed by atoms with E-state index in [4.69, 9.17) is 0 Å². The molecule has 0 aliphatic carbocycles. The van der Waals surface area contributed by atoms with Gasteiger partial charge in [0.1, 0.15) is 27.4 Å². The van der Waals surface area contributed by atoms with Gasteiger partial charge in [0.05, 0.1) is 6.04 Å². The number of nitrogens with one attached hydrogen (secondary N) is 1. The molecule has 1 aromatic heterocycles. The molecule has 0 radical (unpaired) electrons. The second kappa shape index (κ2) is 8.36. The molecule has 162 valence electrons. The number of nitrogens with zero attached hydrogens (tertiary/aromatic N) is 3. The number of aromatic nitrogens is 2. The van der Waals surface area contributed by atoms with Crippen LogP contribution >= 0.6 is 11.3 Å². The van der Waals surface area contributed by atoms with E-state index in [0.717, 1.165) is 33.8 Å². The number of sulfonamides is 1. The summed E-state index contributed by atoms with van der Waals surface area (Å²) in [6.45, 7) is 0.0906. The van der Waals surface area contributed by atoms with Crippen LogP contribution in [0.4, 0.5) is 18.9 Å². The van der Waals surface area contributed by atoms with Crippen molar-refractivity contribution < 1.29 is 26.4 Å². The SMILES string of the molecule is O=C(Nc1cccc(F)c1)c1nnc([C@H]2CCCN2S(=O)(=O)c2cc(F)ccc2F)s1. The minimum Gasteiger partial charge on any atom is -0.320 e. The maximum Gasteiger partial charge on any atom is 0.286 e. The first-order chi connectivity index (χ1) is 14.8. The van der Waals surface area contributed by atoms with Crippen LogP contribution in [-0.4, -0.2) is 35.4 Å². The van der Waals surface area contributed by atoms with Crippen LogP contribution < -0.4 is 5.32 Å². The van der Waals surface area contributed by atoms with E-state index in [1.807, 2.05) is 0 Å². The third-order valence-electron chi connectivity index (χ3n) is 4.69. The maximum atomic E-state index is 14.1. The Morgan fingerprint density at radius 1 is 1.10 bits per heavy atom. The first kappa shape index (κ1) is 21.4. The van der Waals surface area contributed by atoms with Crippen LogP contribution in [0.1, 0.15) is 33.7 Å². The number of hydrogen-bond donors (Lipinski definition) is 1. The van der Waals surface area contributed by atoms with Crippen molar-refractivity contribution in [2.75, 3.05) is 11.9 Å². The van der Waals surface area contributed by atoms with Crippen LogP contribution in [0.3, 0.4) is 0 Å². The van der Waals surface area contributed by atoms with Crippen molar-refractivity contribution >= 4 is 33.0 Å². The van der Waals surface area contributed by atoms with Crippen LogP contribution in [0.25, 0.3) is 0 Å². The van der Waals surface area contributed by atoms with E-state index < -0.39 is 44.3 Å². The fourth-order valence-electron chi connectivity index (χ4n) is 3.29. The second-order valence-corrected chi connectivity index (χ2v) is 9.63. The first-order valence-corrected chi connectivity index (χ1v) is 11.4. The van der Waals surface area contributed by atoms with Gasteiger partial charge in [-0.05, 0) is 49.2 Å². The Kier molecular flexibility index (Phi) is 5.77. The van der Waals surface area contributed by atoms with Gasteiger partial charge in [0.2, 0.25) is 15.0 Å². The molecule has 4 rings (SSSR count). The van der Waals surface area contributed by atoms with Gasteiger partial charge in [-0.2, -0.15) is 4.31 Å². The second-order valence-electron chi connectivity index (χ2n) is 6.76. The number of amides is 1. The van der Waals surface area contributed by atoms with Crippen LogP contribution in [-0.2, 0) is 10.0 Å².